The van der Waals surface area contributed by atoms with Crippen LogP contribution in [0.15, 0.2) is 18.2 Å². The summed E-state index contributed by atoms with van der Waals surface area (Å²) in [5.41, 5.74) is 0.366. The summed E-state index contributed by atoms with van der Waals surface area (Å²) in [6, 6.07) is 4.55. The lowest BCUT2D eigenvalue weighted by molar-refractivity contribution is 0.0593. The zero-order valence-electron chi connectivity index (χ0n) is 6.58. The second-order valence-electron chi connectivity index (χ2n) is 2.14. The molecule has 1 aromatic heterocycles. The molecule has 0 fully saturated rings. The highest BCUT2D eigenvalue weighted by molar-refractivity contribution is 5.87. The molecule has 0 bridgehead atoms. The van der Waals surface area contributed by atoms with E-state index >= 15 is 0 Å². The third kappa shape index (κ3) is 1.78. The molecule has 0 spiro atoms. The van der Waals surface area contributed by atoms with Gasteiger partial charge < -0.3 is 4.74 Å². The first-order valence-corrected chi connectivity index (χ1v) is 3.38. The fraction of sp³-hybridized carbons (Fsp3) is 0.250. The van der Waals surface area contributed by atoms with E-state index in [1.807, 2.05) is 0 Å². The Labute approximate surface area is 69.2 Å². The quantitative estimate of drug-likeness (QED) is 0.627. The Morgan fingerprint density at radius 2 is 2.42 bits per heavy atom. The van der Waals surface area contributed by atoms with E-state index in [4.69, 9.17) is 0 Å². The zero-order valence-corrected chi connectivity index (χ0v) is 6.58. The topological polar surface area (TPSA) is 39.2 Å². The minimum atomic E-state index is -0.676. The molecule has 0 amide bonds. The number of alkyl halides is 1. The van der Waals surface area contributed by atoms with Crippen molar-refractivity contribution in [1.82, 2.24) is 4.98 Å². The van der Waals surface area contributed by atoms with Crippen LogP contribution in [-0.2, 0) is 11.4 Å². The van der Waals surface area contributed by atoms with Crippen molar-refractivity contribution in [3.8, 4) is 0 Å². The van der Waals surface area contributed by atoms with Crippen LogP contribution in [0, 0.1) is 0 Å². The van der Waals surface area contributed by atoms with Gasteiger partial charge in [0, 0.05) is 0 Å². The third-order valence-electron chi connectivity index (χ3n) is 1.34. The van der Waals surface area contributed by atoms with Crippen LogP contribution in [0.4, 0.5) is 4.39 Å². The number of aromatic nitrogens is 1. The first kappa shape index (κ1) is 8.64. The Kier molecular flexibility index (Phi) is 2.74. The molecule has 1 rings (SSSR count). The first-order valence-electron chi connectivity index (χ1n) is 3.38. The van der Waals surface area contributed by atoms with Gasteiger partial charge in [0.1, 0.15) is 12.4 Å². The van der Waals surface area contributed by atoms with E-state index in [9.17, 15) is 9.18 Å². The van der Waals surface area contributed by atoms with Gasteiger partial charge in [-0.25, -0.2) is 14.2 Å². The van der Waals surface area contributed by atoms with Gasteiger partial charge in [-0.05, 0) is 12.1 Å². The Hall–Kier alpha value is -1.45. The van der Waals surface area contributed by atoms with Gasteiger partial charge in [-0.3, -0.25) is 0 Å². The van der Waals surface area contributed by atoms with Crippen molar-refractivity contribution in [3.05, 3.63) is 29.6 Å². The molecular formula is C8H8FNO2. The van der Waals surface area contributed by atoms with Crippen LogP contribution in [-0.4, -0.2) is 18.1 Å². The summed E-state index contributed by atoms with van der Waals surface area (Å²) in [4.78, 5) is 14.6. The number of halogens is 1. The van der Waals surface area contributed by atoms with E-state index in [1.54, 1.807) is 6.07 Å². The Morgan fingerprint density at radius 1 is 1.67 bits per heavy atom. The second-order valence-corrected chi connectivity index (χ2v) is 2.14. The summed E-state index contributed by atoms with van der Waals surface area (Å²) in [6.07, 6.45) is 0. The van der Waals surface area contributed by atoms with Gasteiger partial charge in [-0.15, -0.1) is 0 Å². The smallest absolute Gasteiger partial charge is 0.356 e. The van der Waals surface area contributed by atoms with Gasteiger partial charge in [0.15, 0.2) is 0 Å². The average Bonchev–Trinajstić information content (AvgIpc) is 2.17. The maximum absolute atomic E-state index is 12.1. The number of esters is 1. The molecule has 3 nitrogen and oxygen atoms in total. The Balaban J connectivity index is 2.93. The molecule has 0 radical (unpaired) electrons. The lowest BCUT2D eigenvalue weighted by Crippen LogP contribution is -2.05. The fourth-order valence-corrected chi connectivity index (χ4v) is 0.772. The monoisotopic (exact) mass is 169 g/mol. The third-order valence-corrected chi connectivity index (χ3v) is 1.34. The number of carbonyl (C=O) groups is 1. The summed E-state index contributed by atoms with van der Waals surface area (Å²) in [5, 5.41) is 0. The molecule has 0 aromatic carbocycles. The summed E-state index contributed by atoms with van der Waals surface area (Å²) in [5.74, 6) is -0.551. The van der Waals surface area contributed by atoms with Gasteiger partial charge in [-0.2, -0.15) is 0 Å². The lowest BCUT2D eigenvalue weighted by atomic mass is 10.3. The molecule has 4 heteroatoms. The van der Waals surface area contributed by atoms with Crippen LogP contribution < -0.4 is 0 Å². The first-order chi connectivity index (χ1) is 5.77. The number of hydrogen-bond donors (Lipinski definition) is 0. The van der Waals surface area contributed by atoms with Gasteiger partial charge in [0.05, 0.1) is 12.8 Å². The standard InChI is InChI=1S/C8H8FNO2/c1-12-8(11)7-4-2-3-6(5-9)10-7/h2-4H,5H2,1H3. The molecule has 0 aliphatic heterocycles. The van der Waals surface area contributed by atoms with E-state index in [0.29, 0.717) is 0 Å². The predicted octanol–water partition coefficient (Wildman–Crippen LogP) is 1.34. The highest BCUT2D eigenvalue weighted by atomic mass is 19.1. The molecule has 0 aliphatic rings. The van der Waals surface area contributed by atoms with Crippen molar-refractivity contribution in [1.29, 1.82) is 0 Å². The zero-order chi connectivity index (χ0) is 8.97. The molecule has 64 valence electrons. The van der Waals surface area contributed by atoms with Gasteiger partial charge >= 0.3 is 5.97 Å². The van der Waals surface area contributed by atoms with E-state index in [1.165, 1.54) is 19.2 Å². The summed E-state index contributed by atoms with van der Waals surface area (Å²) >= 11 is 0. The van der Waals surface area contributed by atoms with E-state index in [0.717, 1.165) is 0 Å². The molecule has 0 saturated heterocycles. The molecule has 1 heterocycles. The normalized spacial score (nSPS) is 9.50. The molecule has 0 aliphatic carbocycles. The molecular weight excluding hydrogens is 161 g/mol. The van der Waals surface area contributed by atoms with Crippen LogP contribution in [0.25, 0.3) is 0 Å². The molecule has 0 unspecified atom stereocenters. The van der Waals surface area contributed by atoms with Crippen molar-refractivity contribution in [3.63, 3.8) is 0 Å². The minimum Gasteiger partial charge on any atom is -0.464 e. The van der Waals surface area contributed by atoms with Crippen LogP contribution in [0.1, 0.15) is 16.2 Å². The van der Waals surface area contributed by atoms with Crippen molar-refractivity contribution >= 4 is 5.97 Å². The number of pyridine rings is 1. The van der Waals surface area contributed by atoms with Crippen molar-refractivity contribution in [2.75, 3.05) is 7.11 Å². The highest BCUT2D eigenvalue weighted by Gasteiger charge is 2.06. The summed E-state index contributed by atoms with van der Waals surface area (Å²) < 4.78 is 16.5. The fourth-order valence-electron chi connectivity index (χ4n) is 0.772. The highest BCUT2D eigenvalue weighted by Crippen LogP contribution is 2.01. The SMILES string of the molecule is COC(=O)c1cccc(CF)n1. The number of carbonyl (C=O) groups excluding carboxylic acids is 1. The minimum absolute atomic E-state index is 0.132. The second kappa shape index (κ2) is 3.80. The number of ether oxygens (including phenoxy) is 1. The van der Waals surface area contributed by atoms with E-state index < -0.39 is 12.6 Å². The Bertz CT molecular complexity index is 288. The van der Waals surface area contributed by atoms with Crippen LogP contribution >= 0.6 is 0 Å². The van der Waals surface area contributed by atoms with E-state index in [2.05, 4.69) is 9.72 Å². The molecule has 0 saturated carbocycles. The molecule has 0 N–H and O–H groups in total. The lowest BCUT2D eigenvalue weighted by Gasteiger charge is -1.98. The number of nitrogens with zero attached hydrogens (tertiary/aromatic N) is 1. The van der Waals surface area contributed by atoms with Gasteiger partial charge in [0.25, 0.3) is 0 Å². The molecule has 12 heavy (non-hydrogen) atoms. The predicted molar refractivity (Wildman–Crippen MR) is 40.4 cm³/mol. The summed E-state index contributed by atoms with van der Waals surface area (Å²) in [6.45, 7) is -0.676. The number of methoxy groups -OCH3 is 1. The maximum Gasteiger partial charge on any atom is 0.356 e. The number of hydrogen-bond acceptors (Lipinski definition) is 3. The summed E-state index contributed by atoms with van der Waals surface area (Å²) in [7, 11) is 1.26. The van der Waals surface area contributed by atoms with Crippen molar-refractivity contribution < 1.29 is 13.9 Å². The van der Waals surface area contributed by atoms with Crippen molar-refractivity contribution in [2.24, 2.45) is 0 Å². The average molecular weight is 169 g/mol. The Morgan fingerprint density at radius 3 is 3.00 bits per heavy atom. The van der Waals surface area contributed by atoms with Crippen LogP contribution in [0.2, 0.25) is 0 Å². The van der Waals surface area contributed by atoms with Gasteiger partial charge in [0.2, 0.25) is 0 Å². The van der Waals surface area contributed by atoms with Crippen molar-refractivity contribution in [2.45, 2.75) is 6.67 Å². The largest absolute Gasteiger partial charge is 0.464 e. The molecule has 1 aromatic rings. The molecule has 0 atom stereocenters. The van der Waals surface area contributed by atoms with Crippen LogP contribution in [0.3, 0.4) is 0 Å². The van der Waals surface area contributed by atoms with E-state index in [-0.39, 0.29) is 11.4 Å². The number of rotatable bonds is 2. The maximum atomic E-state index is 12.1. The van der Waals surface area contributed by atoms with Gasteiger partial charge in [-0.1, -0.05) is 6.07 Å². The van der Waals surface area contributed by atoms with Crippen LogP contribution in [0.5, 0.6) is 0 Å².